The Morgan fingerprint density at radius 3 is 3.05 bits per heavy atom. The van der Waals surface area contributed by atoms with Crippen LogP contribution >= 0.6 is 11.3 Å². The first-order valence-electron chi connectivity index (χ1n) is 7.47. The molecular formula is C17H20N2OS. The number of carbonyl (C=O) groups excluding carboxylic acids is 1. The number of aromatic nitrogens is 1. The summed E-state index contributed by atoms with van der Waals surface area (Å²) in [5.41, 5.74) is 3.45. The Hall–Kier alpha value is -1.68. The second-order valence-electron chi connectivity index (χ2n) is 5.72. The molecule has 0 aliphatic heterocycles. The minimum Gasteiger partial charge on any atom is -0.350 e. The van der Waals surface area contributed by atoms with Gasteiger partial charge in [0.05, 0.1) is 17.2 Å². The lowest BCUT2D eigenvalue weighted by Gasteiger charge is -2.04. The fourth-order valence-corrected chi connectivity index (χ4v) is 3.32. The predicted octanol–water partition coefficient (Wildman–Crippen LogP) is 3.58. The summed E-state index contributed by atoms with van der Waals surface area (Å²) in [7, 11) is 0. The number of rotatable bonds is 6. The first-order valence-corrected chi connectivity index (χ1v) is 8.35. The van der Waals surface area contributed by atoms with Crippen molar-refractivity contribution >= 4 is 17.2 Å². The van der Waals surface area contributed by atoms with E-state index in [1.807, 2.05) is 6.07 Å². The number of nitrogens with one attached hydrogen (secondary N) is 1. The van der Waals surface area contributed by atoms with Crippen LogP contribution in [0.3, 0.4) is 0 Å². The van der Waals surface area contributed by atoms with Crippen molar-refractivity contribution in [3.63, 3.8) is 0 Å². The van der Waals surface area contributed by atoms with Gasteiger partial charge in [-0.25, -0.2) is 4.98 Å². The number of benzene rings is 1. The molecule has 1 heterocycles. The smallest absolute Gasteiger partial charge is 0.220 e. The lowest BCUT2D eigenvalue weighted by molar-refractivity contribution is -0.121. The third kappa shape index (κ3) is 4.14. The Labute approximate surface area is 129 Å². The van der Waals surface area contributed by atoms with Crippen LogP contribution in [0.25, 0.3) is 0 Å². The molecule has 1 saturated carbocycles. The van der Waals surface area contributed by atoms with Crippen LogP contribution in [0.4, 0.5) is 0 Å². The molecule has 0 radical (unpaired) electrons. The average Bonchev–Trinajstić information content (AvgIpc) is 3.22. The maximum atomic E-state index is 11.9. The van der Waals surface area contributed by atoms with Crippen molar-refractivity contribution in [1.29, 1.82) is 0 Å². The van der Waals surface area contributed by atoms with Crippen molar-refractivity contribution in [2.45, 2.75) is 45.1 Å². The zero-order valence-electron chi connectivity index (χ0n) is 12.3. The van der Waals surface area contributed by atoms with Gasteiger partial charge in [0, 0.05) is 17.7 Å². The van der Waals surface area contributed by atoms with E-state index in [-0.39, 0.29) is 5.91 Å². The summed E-state index contributed by atoms with van der Waals surface area (Å²) >= 11 is 1.72. The Balaban J connectivity index is 1.43. The molecule has 1 N–H and O–H groups in total. The van der Waals surface area contributed by atoms with Gasteiger partial charge in [-0.3, -0.25) is 4.79 Å². The Morgan fingerprint density at radius 1 is 1.43 bits per heavy atom. The van der Waals surface area contributed by atoms with Crippen LogP contribution in [-0.4, -0.2) is 10.9 Å². The van der Waals surface area contributed by atoms with Crippen LogP contribution in [0.15, 0.2) is 29.6 Å². The van der Waals surface area contributed by atoms with Gasteiger partial charge >= 0.3 is 0 Å². The van der Waals surface area contributed by atoms with Gasteiger partial charge in [0.2, 0.25) is 5.91 Å². The molecule has 0 unspecified atom stereocenters. The summed E-state index contributed by atoms with van der Waals surface area (Å²) < 4.78 is 0. The molecule has 1 aliphatic carbocycles. The number of amides is 1. The highest BCUT2D eigenvalue weighted by Gasteiger charge is 2.26. The second-order valence-corrected chi connectivity index (χ2v) is 6.61. The van der Waals surface area contributed by atoms with E-state index >= 15 is 0 Å². The average molecular weight is 300 g/mol. The maximum Gasteiger partial charge on any atom is 0.220 e. The van der Waals surface area contributed by atoms with E-state index in [0.29, 0.717) is 18.9 Å². The fraction of sp³-hybridized carbons (Fsp3) is 0.412. The van der Waals surface area contributed by atoms with Gasteiger partial charge < -0.3 is 5.32 Å². The number of hydrogen-bond acceptors (Lipinski definition) is 3. The fourth-order valence-electron chi connectivity index (χ4n) is 2.32. The Bertz CT molecular complexity index is 631. The van der Waals surface area contributed by atoms with Crippen LogP contribution < -0.4 is 5.32 Å². The first kappa shape index (κ1) is 14.3. The van der Waals surface area contributed by atoms with Crippen LogP contribution in [0.5, 0.6) is 0 Å². The summed E-state index contributed by atoms with van der Waals surface area (Å²) in [6.45, 7) is 2.62. The van der Waals surface area contributed by atoms with Crippen LogP contribution in [0.2, 0.25) is 0 Å². The monoisotopic (exact) mass is 300 g/mol. The molecule has 3 nitrogen and oxygen atoms in total. The van der Waals surface area contributed by atoms with Crippen molar-refractivity contribution in [1.82, 2.24) is 10.3 Å². The van der Waals surface area contributed by atoms with Crippen molar-refractivity contribution in [2.24, 2.45) is 0 Å². The molecule has 1 fully saturated rings. The molecule has 1 aromatic carbocycles. The topological polar surface area (TPSA) is 42.0 Å². The first-order chi connectivity index (χ1) is 10.2. The summed E-state index contributed by atoms with van der Waals surface area (Å²) in [6, 6.07) is 8.32. The highest BCUT2D eigenvalue weighted by molar-refractivity contribution is 7.09. The van der Waals surface area contributed by atoms with E-state index in [0.717, 1.165) is 12.1 Å². The van der Waals surface area contributed by atoms with Crippen molar-refractivity contribution < 1.29 is 4.79 Å². The molecule has 2 aromatic rings. The van der Waals surface area contributed by atoms with Gasteiger partial charge in [-0.1, -0.05) is 29.8 Å². The summed E-state index contributed by atoms with van der Waals surface area (Å²) in [4.78, 5) is 16.5. The zero-order valence-corrected chi connectivity index (χ0v) is 13.1. The van der Waals surface area contributed by atoms with E-state index in [2.05, 4.69) is 40.8 Å². The van der Waals surface area contributed by atoms with Crippen molar-refractivity contribution in [3.05, 3.63) is 51.5 Å². The van der Waals surface area contributed by atoms with Gasteiger partial charge in [-0.15, -0.1) is 11.3 Å². The molecule has 0 atom stereocenters. The number of nitrogens with zero attached hydrogens (tertiary/aromatic N) is 1. The van der Waals surface area contributed by atoms with Crippen LogP contribution in [-0.2, 0) is 17.8 Å². The standard InChI is InChI=1S/C17H20N2OS/c1-12-3-2-4-13(9-12)5-8-16(20)18-10-15-11-21-17(19-15)14-6-7-14/h2-4,9,11,14H,5-8,10H2,1H3,(H,18,20). The number of carbonyl (C=O) groups is 1. The molecule has 0 spiro atoms. The molecular weight excluding hydrogens is 280 g/mol. The second kappa shape index (κ2) is 6.39. The number of aryl methyl sites for hydroxylation is 2. The van der Waals surface area contributed by atoms with Crippen LogP contribution in [0.1, 0.15) is 47.0 Å². The highest BCUT2D eigenvalue weighted by Crippen LogP contribution is 2.41. The van der Waals surface area contributed by atoms with E-state index in [4.69, 9.17) is 0 Å². The van der Waals surface area contributed by atoms with Gasteiger partial charge in [-0.2, -0.15) is 0 Å². The van der Waals surface area contributed by atoms with Gasteiger partial charge in [0.15, 0.2) is 0 Å². The minimum absolute atomic E-state index is 0.0949. The zero-order chi connectivity index (χ0) is 14.7. The molecule has 0 saturated heterocycles. The predicted molar refractivity (Wildman–Crippen MR) is 85.4 cm³/mol. The van der Waals surface area contributed by atoms with Gasteiger partial charge in [0.25, 0.3) is 0 Å². The number of hydrogen-bond donors (Lipinski definition) is 1. The summed E-state index contributed by atoms with van der Waals surface area (Å²) in [6.07, 6.45) is 3.87. The number of thiazole rings is 1. The molecule has 3 rings (SSSR count). The van der Waals surface area contributed by atoms with E-state index < -0.39 is 0 Å². The normalized spacial score (nSPS) is 14.1. The minimum atomic E-state index is 0.0949. The molecule has 110 valence electrons. The quantitative estimate of drug-likeness (QED) is 0.886. The maximum absolute atomic E-state index is 11.9. The lowest BCUT2D eigenvalue weighted by Crippen LogP contribution is -2.23. The molecule has 4 heteroatoms. The van der Waals surface area contributed by atoms with Gasteiger partial charge in [-0.05, 0) is 31.7 Å². The van der Waals surface area contributed by atoms with E-state index in [1.54, 1.807) is 11.3 Å². The Morgan fingerprint density at radius 2 is 2.29 bits per heavy atom. The van der Waals surface area contributed by atoms with Crippen LogP contribution in [0, 0.1) is 6.92 Å². The van der Waals surface area contributed by atoms with Crippen molar-refractivity contribution in [3.8, 4) is 0 Å². The van der Waals surface area contributed by atoms with E-state index in [1.165, 1.54) is 29.0 Å². The molecule has 1 aliphatic rings. The lowest BCUT2D eigenvalue weighted by atomic mass is 10.1. The third-order valence-electron chi connectivity index (χ3n) is 3.69. The summed E-state index contributed by atoms with van der Waals surface area (Å²) in [5.74, 6) is 0.790. The van der Waals surface area contributed by atoms with Gasteiger partial charge in [0.1, 0.15) is 0 Å². The Kier molecular flexibility index (Phi) is 4.34. The molecule has 0 bridgehead atoms. The molecule has 21 heavy (non-hydrogen) atoms. The highest BCUT2D eigenvalue weighted by atomic mass is 32.1. The third-order valence-corrected chi connectivity index (χ3v) is 4.74. The van der Waals surface area contributed by atoms with Crippen molar-refractivity contribution in [2.75, 3.05) is 0 Å². The molecule has 1 aromatic heterocycles. The SMILES string of the molecule is Cc1cccc(CCC(=O)NCc2csc(C3CC3)n2)c1. The summed E-state index contributed by atoms with van der Waals surface area (Å²) in [5, 5.41) is 6.26. The molecule has 1 amide bonds. The largest absolute Gasteiger partial charge is 0.350 e. The van der Waals surface area contributed by atoms with E-state index in [9.17, 15) is 4.79 Å².